The van der Waals surface area contributed by atoms with E-state index >= 15 is 0 Å². The van der Waals surface area contributed by atoms with Gasteiger partial charge in [0.25, 0.3) is 5.56 Å². The Hall–Kier alpha value is -3.39. The first kappa shape index (κ1) is 19.9. The van der Waals surface area contributed by atoms with E-state index in [2.05, 4.69) is 4.98 Å². The van der Waals surface area contributed by atoms with Gasteiger partial charge in [0.15, 0.2) is 5.16 Å². The smallest absolute Gasteiger partial charge is 0.373 e. The maximum Gasteiger partial charge on any atom is 0.373 e. The third kappa shape index (κ3) is 3.73. The van der Waals surface area contributed by atoms with Crippen LogP contribution in [0.3, 0.4) is 0 Å². The number of esters is 1. The van der Waals surface area contributed by atoms with Gasteiger partial charge >= 0.3 is 5.97 Å². The molecule has 4 rings (SSSR count). The number of ether oxygens (including phenoxy) is 1. The molecule has 0 aliphatic heterocycles. The van der Waals surface area contributed by atoms with E-state index in [1.165, 1.54) is 23.4 Å². The number of aromatic nitrogens is 3. The number of thioether (sulfide) groups is 1. The van der Waals surface area contributed by atoms with Crippen molar-refractivity contribution in [2.24, 2.45) is 0 Å². The zero-order valence-electron chi connectivity index (χ0n) is 16.7. The molecule has 30 heavy (non-hydrogen) atoms. The Labute approximate surface area is 176 Å². The summed E-state index contributed by atoms with van der Waals surface area (Å²) in [5, 5.41) is 0.789. The summed E-state index contributed by atoms with van der Waals surface area (Å²) in [5.74, 6) is 0.668. The minimum Gasteiger partial charge on any atom is -0.463 e. The molecule has 0 radical (unpaired) electrons. The lowest BCUT2D eigenvalue weighted by molar-refractivity contribution is 0.0563. The molecule has 0 aliphatic rings. The number of pyridine rings is 1. The number of benzene rings is 1. The van der Waals surface area contributed by atoms with Crippen molar-refractivity contribution in [2.45, 2.75) is 24.3 Å². The van der Waals surface area contributed by atoms with Crippen molar-refractivity contribution in [1.29, 1.82) is 0 Å². The highest BCUT2D eigenvalue weighted by Gasteiger charge is 2.21. The van der Waals surface area contributed by atoms with E-state index < -0.39 is 5.97 Å². The molecular formula is C22H19N3O4S. The minimum absolute atomic E-state index is 0.129. The molecule has 8 heteroatoms. The lowest BCUT2D eigenvalue weighted by Crippen LogP contribution is -2.23. The van der Waals surface area contributed by atoms with Crippen LogP contribution in [0.15, 0.2) is 69.1 Å². The number of carbonyl (C=O) groups is 1. The largest absolute Gasteiger partial charge is 0.463 e. The molecule has 0 bridgehead atoms. The number of hydrogen-bond acceptors (Lipinski definition) is 7. The number of carbonyl (C=O) groups excluding carboxylic acids is 1. The first-order valence-corrected chi connectivity index (χ1v) is 10.2. The molecule has 0 unspecified atom stereocenters. The molecule has 0 saturated carbocycles. The SMILES string of the molecule is COC(=O)c1ccc([C@H](C)Sc2nc3ccccc3c(=O)n2-c2cc(C)ccn2)o1. The molecule has 0 aliphatic carbocycles. The van der Waals surface area contributed by atoms with E-state index in [9.17, 15) is 9.59 Å². The molecule has 3 heterocycles. The predicted molar refractivity (Wildman–Crippen MR) is 114 cm³/mol. The third-order valence-corrected chi connectivity index (χ3v) is 5.64. The van der Waals surface area contributed by atoms with E-state index in [4.69, 9.17) is 14.1 Å². The zero-order chi connectivity index (χ0) is 21.3. The van der Waals surface area contributed by atoms with Crippen molar-refractivity contribution in [1.82, 2.24) is 14.5 Å². The fraction of sp³-hybridized carbons (Fsp3) is 0.182. The van der Waals surface area contributed by atoms with Gasteiger partial charge in [0, 0.05) is 6.20 Å². The summed E-state index contributed by atoms with van der Waals surface area (Å²) >= 11 is 1.35. The molecule has 0 spiro atoms. The standard InChI is InChI=1S/C22H19N3O4S/c1-13-10-11-23-19(12-13)25-20(26)15-6-4-5-7-16(15)24-22(25)30-14(2)17-8-9-18(29-17)21(27)28-3/h4-12,14H,1-3H3/t14-/m0/s1. The number of rotatable bonds is 5. The van der Waals surface area contributed by atoms with Crippen LogP contribution in [0.1, 0.15) is 34.1 Å². The van der Waals surface area contributed by atoms with Crippen molar-refractivity contribution in [3.05, 3.63) is 82.2 Å². The Balaban J connectivity index is 1.81. The summed E-state index contributed by atoms with van der Waals surface area (Å²) in [4.78, 5) is 34.1. The summed E-state index contributed by atoms with van der Waals surface area (Å²) in [6.45, 7) is 3.86. The number of para-hydroxylation sites is 1. The normalized spacial score (nSPS) is 12.1. The molecule has 7 nitrogen and oxygen atoms in total. The lowest BCUT2D eigenvalue weighted by Gasteiger charge is -2.15. The quantitative estimate of drug-likeness (QED) is 0.269. The fourth-order valence-electron chi connectivity index (χ4n) is 3.03. The van der Waals surface area contributed by atoms with Gasteiger partial charge in [-0.25, -0.2) is 19.3 Å². The van der Waals surface area contributed by atoms with Gasteiger partial charge in [0.05, 0.1) is 23.3 Å². The van der Waals surface area contributed by atoms with E-state index in [0.29, 0.717) is 27.6 Å². The highest BCUT2D eigenvalue weighted by Crippen LogP contribution is 2.35. The Morgan fingerprint density at radius 2 is 2.00 bits per heavy atom. The highest BCUT2D eigenvalue weighted by molar-refractivity contribution is 7.99. The molecular weight excluding hydrogens is 402 g/mol. The van der Waals surface area contributed by atoms with Crippen LogP contribution in [-0.4, -0.2) is 27.6 Å². The van der Waals surface area contributed by atoms with Gasteiger partial charge in [0.2, 0.25) is 5.76 Å². The number of methoxy groups -OCH3 is 1. The minimum atomic E-state index is -0.539. The van der Waals surface area contributed by atoms with E-state index in [-0.39, 0.29) is 16.6 Å². The third-order valence-electron chi connectivity index (χ3n) is 4.57. The van der Waals surface area contributed by atoms with Crippen LogP contribution in [-0.2, 0) is 4.74 Å². The lowest BCUT2D eigenvalue weighted by atomic mass is 10.2. The summed E-state index contributed by atoms with van der Waals surface area (Å²) < 4.78 is 11.8. The van der Waals surface area contributed by atoms with Gasteiger partial charge in [-0.1, -0.05) is 23.9 Å². The molecule has 4 aromatic rings. The first-order valence-electron chi connectivity index (χ1n) is 9.27. The zero-order valence-corrected chi connectivity index (χ0v) is 17.5. The first-order chi connectivity index (χ1) is 14.5. The number of hydrogen-bond donors (Lipinski definition) is 0. The molecule has 1 aromatic carbocycles. The second kappa shape index (κ2) is 8.16. The average molecular weight is 421 g/mol. The van der Waals surface area contributed by atoms with Crippen LogP contribution in [0.4, 0.5) is 0 Å². The van der Waals surface area contributed by atoms with Gasteiger partial charge in [-0.05, 0) is 55.8 Å². The predicted octanol–water partition coefficient (Wildman–Crippen LogP) is 4.32. The van der Waals surface area contributed by atoms with E-state index in [0.717, 1.165) is 5.56 Å². The van der Waals surface area contributed by atoms with Gasteiger partial charge in [-0.2, -0.15) is 0 Å². The van der Waals surface area contributed by atoms with Crippen LogP contribution in [0.5, 0.6) is 0 Å². The van der Waals surface area contributed by atoms with Gasteiger partial charge in [0.1, 0.15) is 11.6 Å². The molecule has 3 aromatic heterocycles. The maximum atomic E-state index is 13.3. The van der Waals surface area contributed by atoms with Crippen molar-refractivity contribution in [2.75, 3.05) is 7.11 Å². The van der Waals surface area contributed by atoms with Crippen molar-refractivity contribution in [3.8, 4) is 5.82 Å². The topological polar surface area (TPSA) is 87.2 Å². The molecule has 0 fully saturated rings. The van der Waals surface area contributed by atoms with Crippen molar-refractivity contribution in [3.63, 3.8) is 0 Å². The van der Waals surface area contributed by atoms with Crippen LogP contribution < -0.4 is 5.56 Å². The summed E-state index contributed by atoms with van der Waals surface area (Å²) in [7, 11) is 1.30. The molecule has 0 amide bonds. The van der Waals surface area contributed by atoms with Gasteiger partial charge < -0.3 is 9.15 Å². The Kier molecular flexibility index (Phi) is 5.41. The Morgan fingerprint density at radius 3 is 2.77 bits per heavy atom. The maximum absolute atomic E-state index is 13.3. The van der Waals surface area contributed by atoms with Crippen LogP contribution >= 0.6 is 11.8 Å². The van der Waals surface area contributed by atoms with Crippen LogP contribution in [0.25, 0.3) is 16.7 Å². The molecule has 0 saturated heterocycles. The fourth-order valence-corrected chi connectivity index (χ4v) is 4.03. The van der Waals surface area contributed by atoms with E-state index in [1.807, 2.05) is 44.2 Å². The molecule has 152 valence electrons. The number of aryl methyl sites for hydroxylation is 1. The molecule has 0 N–H and O–H groups in total. The average Bonchev–Trinajstić information content (AvgIpc) is 3.24. The van der Waals surface area contributed by atoms with Crippen LogP contribution in [0.2, 0.25) is 0 Å². The molecule has 1 atom stereocenters. The van der Waals surface area contributed by atoms with Gasteiger partial charge in [-0.15, -0.1) is 0 Å². The Morgan fingerprint density at radius 1 is 1.20 bits per heavy atom. The second-order valence-corrected chi connectivity index (χ2v) is 8.01. The Bertz CT molecular complexity index is 1300. The van der Waals surface area contributed by atoms with Gasteiger partial charge in [-0.3, -0.25) is 4.79 Å². The second-order valence-electron chi connectivity index (χ2n) is 6.70. The monoisotopic (exact) mass is 421 g/mol. The summed E-state index contributed by atoms with van der Waals surface area (Å²) in [6, 6.07) is 14.2. The number of fused-ring (bicyclic) bond motifs is 1. The van der Waals surface area contributed by atoms with Crippen molar-refractivity contribution >= 4 is 28.6 Å². The van der Waals surface area contributed by atoms with Crippen LogP contribution in [0, 0.1) is 6.92 Å². The number of furan rings is 1. The number of nitrogens with zero attached hydrogens (tertiary/aromatic N) is 3. The van der Waals surface area contributed by atoms with Crippen molar-refractivity contribution < 1.29 is 13.9 Å². The summed E-state index contributed by atoms with van der Waals surface area (Å²) in [6.07, 6.45) is 1.67. The highest BCUT2D eigenvalue weighted by atomic mass is 32.2. The summed E-state index contributed by atoms with van der Waals surface area (Å²) in [5.41, 5.74) is 1.40. The van der Waals surface area contributed by atoms with E-state index in [1.54, 1.807) is 24.4 Å².